The fourth-order valence-corrected chi connectivity index (χ4v) is 2.47. The molecule has 0 spiro atoms. The van der Waals surface area contributed by atoms with Crippen molar-refractivity contribution >= 4 is 23.5 Å². The number of hydrogen-bond acceptors (Lipinski definition) is 3. The van der Waals surface area contributed by atoms with Crippen LogP contribution in [-0.2, 0) is 0 Å². The molecule has 0 aromatic heterocycles. The standard InChI is InChI=1S/C7H10OS2/c8-4-3-7-9-5-1-2-6-10-7/h1-2,5-8H,3-4H2. The lowest BCUT2D eigenvalue weighted by atomic mass is 10.5. The molecule has 1 heterocycles. The van der Waals surface area contributed by atoms with Gasteiger partial charge in [-0.25, -0.2) is 0 Å². The summed E-state index contributed by atoms with van der Waals surface area (Å²) >= 11 is 3.54. The minimum Gasteiger partial charge on any atom is -0.396 e. The second kappa shape index (κ2) is 4.88. The Labute approximate surface area is 69.6 Å². The van der Waals surface area contributed by atoms with E-state index >= 15 is 0 Å². The Morgan fingerprint density at radius 2 is 1.80 bits per heavy atom. The zero-order chi connectivity index (χ0) is 7.23. The van der Waals surface area contributed by atoms with Crippen LogP contribution in [0.1, 0.15) is 6.42 Å². The second-order valence-corrected chi connectivity index (χ2v) is 4.40. The summed E-state index contributed by atoms with van der Waals surface area (Å²) in [4.78, 5) is 0. The van der Waals surface area contributed by atoms with Gasteiger partial charge in [0.2, 0.25) is 0 Å². The lowest BCUT2D eigenvalue weighted by Gasteiger charge is -2.07. The monoisotopic (exact) mass is 174 g/mol. The summed E-state index contributed by atoms with van der Waals surface area (Å²) in [5.41, 5.74) is 0. The minimum atomic E-state index is 0.284. The zero-order valence-corrected chi connectivity index (χ0v) is 7.20. The first-order valence-corrected chi connectivity index (χ1v) is 5.05. The average molecular weight is 174 g/mol. The molecule has 1 rings (SSSR count). The number of aliphatic hydroxyl groups excluding tert-OH is 1. The molecule has 0 saturated carbocycles. The molecule has 1 nitrogen and oxygen atoms in total. The highest BCUT2D eigenvalue weighted by molar-refractivity contribution is 8.19. The Balaban J connectivity index is 2.32. The van der Waals surface area contributed by atoms with Gasteiger partial charge < -0.3 is 5.11 Å². The van der Waals surface area contributed by atoms with Gasteiger partial charge in [0, 0.05) is 6.61 Å². The summed E-state index contributed by atoms with van der Waals surface area (Å²) in [6.07, 6.45) is 4.91. The van der Waals surface area contributed by atoms with E-state index in [1.54, 1.807) is 23.5 Å². The molecule has 0 aliphatic carbocycles. The van der Waals surface area contributed by atoms with E-state index in [4.69, 9.17) is 5.11 Å². The third-order valence-corrected chi connectivity index (χ3v) is 3.47. The van der Waals surface area contributed by atoms with E-state index in [0.717, 1.165) is 6.42 Å². The van der Waals surface area contributed by atoms with E-state index in [-0.39, 0.29) is 6.61 Å². The van der Waals surface area contributed by atoms with Gasteiger partial charge in [-0.05, 0) is 17.2 Å². The molecule has 1 aliphatic rings. The van der Waals surface area contributed by atoms with E-state index < -0.39 is 0 Å². The lowest BCUT2D eigenvalue weighted by Crippen LogP contribution is -1.96. The SMILES string of the molecule is OCCC1SC=CC=CS1. The second-order valence-electron chi connectivity index (χ2n) is 1.87. The van der Waals surface area contributed by atoms with Gasteiger partial charge in [-0.2, -0.15) is 0 Å². The number of hydrogen-bond donors (Lipinski definition) is 1. The predicted octanol–water partition coefficient (Wildman–Crippen LogP) is 2.20. The summed E-state index contributed by atoms with van der Waals surface area (Å²) in [5, 5.41) is 12.8. The van der Waals surface area contributed by atoms with Crippen molar-refractivity contribution in [3.63, 3.8) is 0 Å². The summed E-state index contributed by atoms with van der Waals surface area (Å²) in [6.45, 7) is 0.284. The van der Waals surface area contributed by atoms with E-state index in [2.05, 4.69) is 10.8 Å². The van der Waals surface area contributed by atoms with Gasteiger partial charge in [-0.1, -0.05) is 12.2 Å². The van der Waals surface area contributed by atoms with Gasteiger partial charge in [0.15, 0.2) is 0 Å². The Morgan fingerprint density at radius 3 is 2.30 bits per heavy atom. The molecular formula is C7H10OS2. The fourth-order valence-electron chi connectivity index (χ4n) is 0.630. The lowest BCUT2D eigenvalue weighted by molar-refractivity contribution is 0.294. The first-order chi connectivity index (χ1) is 4.93. The van der Waals surface area contributed by atoms with Gasteiger partial charge in [-0.15, -0.1) is 23.5 Å². The van der Waals surface area contributed by atoms with Crippen molar-refractivity contribution in [2.24, 2.45) is 0 Å². The maximum Gasteiger partial charge on any atom is 0.0606 e. The molecule has 0 aromatic carbocycles. The molecule has 0 unspecified atom stereocenters. The summed E-state index contributed by atoms with van der Waals surface area (Å²) in [6, 6.07) is 0. The van der Waals surface area contributed by atoms with Crippen molar-refractivity contribution in [3.8, 4) is 0 Å². The largest absolute Gasteiger partial charge is 0.396 e. The molecule has 0 fully saturated rings. The quantitative estimate of drug-likeness (QED) is 0.693. The molecule has 0 aromatic rings. The Kier molecular flexibility index (Phi) is 4.02. The molecule has 0 atom stereocenters. The van der Waals surface area contributed by atoms with Gasteiger partial charge in [0.05, 0.1) is 4.58 Å². The third kappa shape index (κ3) is 2.82. The number of rotatable bonds is 2. The summed E-state index contributed by atoms with van der Waals surface area (Å²) < 4.78 is 0.500. The first-order valence-electron chi connectivity index (χ1n) is 3.17. The third-order valence-electron chi connectivity index (χ3n) is 1.09. The topological polar surface area (TPSA) is 20.2 Å². The van der Waals surface area contributed by atoms with Crippen LogP contribution in [0.5, 0.6) is 0 Å². The predicted molar refractivity (Wildman–Crippen MR) is 49.0 cm³/mol. The molecular weight excluding hydrogens is 164 g/mol. The highest BCUT2D eigenvalue weighted by Gasteiger charge is 2.05. The highest BCUT2D eigenvalue weighted by Crippen LogP contribution is 2.30. The molecule has 0 saturated heterocycles. The highest BCUT2D eigenvalue weighted by atomic mass is 32.2. The maximum absolute atomic E-state index is 8.64. The van der Waals surface area contributed by atoms with E-state index in [1.165, 1.54) is 0 Å². The van der Waals surface area contributed by atoms with Crippen LogP contribution in [0, 0.1) is 0 Å². The van der Waals surface area contributed by atoms with Crippen LogP contribution in [0.4, 0.5) is 0 Å². The first kappa shape index (κ1) is 8.24. The van der Waals surface area contributed by atoms with E-state index in [0.29, 0.717) is 4.58 Å². The van der Waals surface area contributed by atoms with Crippen molar-refractivity contribution in [3.05, 3.63) is 23.0 Å². The van der Waals surface area contributed by atoms with Crippen molar-refractivity contribution in [1.82, 2.24) is 0 Å². The Hall–Kier alpha value is 0.140. The smallest absolute Gasteiger partial charge is 0.0606 e. The summed E-state index contributed by atoms with van der Waals surface area (Å²) in [7, 11) is 0. The Bertz CT molecular complexity index is 129. The van der Waals surface area contributed by atoms with Crippen molar-refractivity contribution in [2.75, 3.05) is 6.61 Å². The molecule has 0 bridgehead atoms. The van der Waals surface area contributed by atoms with E-state index in [9.17, 15) is 0 Å². The normalized spacial score (nSPS) is 19.3. The Morgan fingerprint density at radius 1 is 1.20 bits per heavy atom. The molecule has 56 valence electrons. The van der Waals surface area contributed by atoms with Crippen LogP contribution in [-0.4, -0.2) is 16.3 Å². The molecule has 3 heteroatoms. The molecule has 0 radical (unpaired) electrons. The molecule has 10 heavy (non-hydrogen) atoms. The fraction of sp³-hybridized carbons (Fsp3) is 0.429. The number of allylic oxidation sites excluding steroid dienone is 2. The van der Waals surface area contributed by atoms with Gasteiger partial charge >= 0.3 is 0 Å². The van der Waals surface area contributed by atoms with Crippen molar-refractivity contribution in [1.29, 1.82) is 0 Å². The van der Waals surface area contributed by atoms with Gasteiger partial charge in [-0.3, -0.25) is 0 Å². The molecule has 1 N–H and O–H groups in total. The molecule has 0 amide bonds. The van der Waals surface area contributed by atoms with Crippen molar-refractivity contribution in [2.45, 2.75) is 11.0 Å². The number of aliphatic hydroxyl groups is 1. The van der Waals surface area contributed by atoms with Crippen LogP contribution in [0.15, 0.2) is 23.0 Å². The van der Waals surface area contributed by atoms with E-state index in [1.807, 2.05) is 12.2 Å². The van der Waals surface area contributed by atoms with Crippen LogP contribution in [0.25, 0.3) is 0 Å². The van der Waals surface area contributed by atoms with Crippen LogP contribution in [0.3, 0.4) is 0 Å². The summed E-state index contributed by atoms with van der Waals surface area (Å²) in [5.74, 6) is 0. The minimum absolute atomic E-state index is 0.284. The van der Waals surface area contributed by atoms with Crippen LogP contribution in [0.2, 0.25) is 0 Å². The number of thioether (sulfide) groups is 2. The van der Waals surface area contributed by atoms with Crippen LogP contribution < -0.4 is 0 Å². The van der Waals surface area contributed by atoms with Gasteiger partial charge in [0.25, 0.3) is 0 Å². The van der Waals surface area contributed by atoms with Gasteiger partial charge in [0.1, 0.15) is 0 Å². The average Bonchev–Trinajstić information content (AvgIpc) is 2.17. The zero-order valence-electron chi connectivity index (χ0n) is 5.56. The van der Waals surface area contributed by atoms with Crippen molar-refractivity contribution < 1.29 is 5.11 Å². The molecule has 1 aliphatic heterocycles. The maximum atomic E-state index is 8.64. The van der Waals surface area contributed by atoms with Crippen LogP contribution >= 0.6 is 23.5 Å².